The number of nitrogens with zero attached hydrogens (tertiary/aromatic N) is 3. The Morgan fingerprint density at radius 2 is 1.57 bits per heavy atom. The lowest BCUT2D eigenvalue weighted by molar-refractivity contribution is 0.0497. The molecule has 44 heavy (non-hydrogen) atoms. The fraction of sp³-hybridized carbons (Fsp3) is 0.457. The second-order valence-electron chi connectivity index (χ2n) is 13.0. The number of anilines is 1. The third-order valence-electron chi connectivity index (χ3n) is 8.27. The second kappa shape index (κ2) is 14.0. The predicted molar refractivity (Wildman–Crippen MR) is 176 cm³/mol. The van der Waals surface area contributed by atoms with Gasteiger partial charge < -0.3 is 20.3 Å². The standard InChI is InChI=1S/C35H44ClN5O3/c1-24-5-8-26(9-6-24)30-21-27(10-11-31(30)36)33(42)38-28-13-17-40(18-14-28)23-25-7-12-32(37-22-25)41-19-15-29(16-20-41)39-34(43)44-35(2,3)4/h5-12,21-22,28-29H,13-20,23H2,1-4H3,(H,38,42)(H,39,43). The van der Waals surface area contributed by atoms with E-state index in [1.165, 1.54) is 11.1 Å². The first-order valence-corrected chi connectivity index (χ1v) is 16.0. The summed E-state index contributed by atoms with van der Waals surface area (Å²) >= 11 is 6.47. The topological polar surface area (TPSA) is 86.8 Å². The number of pyridine rings is 1. The fourth-order valence-electron chi connectivity index (χ4n) is 5.81. The molecule has 3 heterocycles. The van der Waals surface area contributed by atoms with E-state index in [0.29, 0.717) is 10.6 Å². The highest BCUT2D eigenvalue weighted by Gasteiger charge is 2.25. The van der Waals surface area contributed by atoms with Gasteiger partial charge in [-0.2, -0.15) is 0 Å². The number of ether oxygens (including phenoxy) is 1. The molecule has 3 aromatic rings. The third kappa shape index (κ3) is 8.73. The van der Waals surface area contributed by atoms with Crippen LogP contribution >= 0.6 is 11.6 Å². The van der Waals surface area contributed by atoms with E-state index in [0.717, 1.165) is 75.4 Å². The van der Waals surface area contributed by atoms with Crippen LogP contribution in [0.15, 0.2) is 60.8 Å². The lowest BCUT2D eigenvalue weighted by atomic mass is 10.0. The quantitative estimate of drug-likeness (QED) is 0.311. The summed E-state index contributed by atoms with van der Waals surface area (Å²) in [6.45, 7) is 12.0. The van der Waals surface area contributed by atoms with Gasteiger partial charge in [0.2, 0.25) is 0 Å². The molecule has 0 bridgehead atoms. The second-order valence-corrected chi connectivity index (χ2v) is 13.4. The van der Waals surface area contributed by atoms with Gasteiger partial charge in [0.15, 0.2) is 0 Å². The zero-order chi connectivity index (χ0) is 31.3. The van der Waals surface area contributed by atoms with Crippen LogP contribution in [0.1, 0.15) is 67.9 Å². The lowest BCUT2D eigenvalue weighted by Crippen LogP contribution is -2.46. The van der Waals surface area contributed by atoms with Crippen molar-refractivity contribution in [3.8, 4) is 11.1 Å². The molecule has 0 atom stereocenters. The van der Waals surface area contributed by atoms with Crippen molar-refractivity contribution in [3.63, 3.8) is 0 Å². The van der Waals surface area contributed by atoms with Gasteiger partial charge in [-0.3, -0.25) is 9.69 Å². The summed E-state index contributed by atoms with van der Waals surface area (Å²) < 4.78 is 5.39. The van der Waals surface area contributed by atoms with Crippen LogP contribution < -0.4 is 15.5 Å². The lowest BCUT2D eigenvalue weighted by Gasteiger charge is -2.34. The molecule has 0 saturated carbocycles. The number of alkyl carbamates (subject to hydrolysis) is 1. The van der Waals surface area contributed by atoms with E-state index in [2.05, 4.69) is 51.6 Å². The molecular formula is C35H44ClN5O3. The molecule has 0 radical (unpaired) electrons. The number of carbonyl (C=O) groups excluding carboxylic acids is 2. The average molecular weight is 618 g/mol. The van der Waals surface area contributed by atoms with Gasteiger partial charge in [-0.05, 0) is 88.8 Å². The Bertz CT molecular complexity index is 1420. The zero-order valence-corrected chi connectivity index (χ0v) is 27.0. The fourth-order valence-corrected chi connectivity index (χ4v) is 6.03. The van der Waals surface area contributed by atoms with Gasteiger partial charge >= 0.3 is 6.09 Å². The molecule has 0 unspecified atom stereocenters. The summed E-state index contributed by atoms with van der Waals surface area (Å²) in [5, 5.41) is 6.87. The molecule has 1 aromatic heterocycles. The molecule has 2 fully saturated rings. The van der Waals surface area contributed by atoms with Crippen molar-refractivity contribution in [2.45, 2.75) is 77.6 Å². The van der Waals surface area contributed by atoms with E-state index < -0.39 is 5.60 Å². The molecule has 5 rings (SSSR count). The summed E-state index contributed by atoms with van der Waals surface area (Å²) in [5.74, 6) is 0.913. The Hall–Kier alpha value is -3.62. The number of amides is 2. The van der Waals surface area contributed by atoms with E-state index in [9.17, 15) is 9.59 Å². The first kappa shape index (κ1) is 31.8. The number of likely N-dealkylation sites (tertiary alicyclic amines) is 1. The molecular weight excluding hydrogens is 574 g/mol. The minimum Gasteiger partial charge on any atom is -0.444 e. The Labute approximate surface area is 266 Å². The van der Waals surface area contributed by atoms with Gasteiger partial charge in [-0.25, -0.2) is 9.78 Å². The molecule has 2 aliphatic heterocycles. The summed E-state index contributed by atoms with van der Waals surface area (Å²) in [6.07, 6.45) is 5.16. The van der Waals surface area contributed by atoms with Crippen LogP contribution in [0.25, 0.3) is 11.1 Å². The van der Waals surface area contributed by atoms with E-state index in [1.807, 2.05) is 45.2 Å². The molecule has 0 spiro atoms. The maximum absolute atomic E-state index is 13.1. The molecule has 2 N–H and O–H groups in total. The number of aryl methyl sites for hydroxylation is 1. The van der Waals surface area contributed by atoms with Gasteiger partial charge in [-0.15, -0.1) is 0 Å². The number of carbonyl (C=O) groups is 2. The Morgan fingerprint density at radius 3 is 2.20 bits per heavy atom. The number of nitrogens with one attached hydrogen (secondary N) is 2. The van der Waals surface area contributed by atoms with Crippen molar-refractivity contribution < 1.29 is 14.3 Å². The number of rotatable bonds is 7. The van der Waals surface area contributed by atoms with Crippen molar-refractivity contribution in [2.75, 3.05) is 31.1 Å². The van der Waals surface area contributed by atoms with Gasteiger partial charge in [0.05, 0.1) is 0 Å². The van der Waals surface area contributed by atoms with Gasteiger partial charge in [-0.1, -0.05) is 47.5 Å². The van der Waals surface area contributed by atoms with Crippen LogP contribution in [0.3, 0.4) is 0 Å². The average Bonchev–Trinajstić information content (AvgIpc) is 2.99. The largest absolute Gasteiger partial charge is 0.444 e. The van der Waals surface area contributed by atoms with Crippen molar-refractivity contribution in [1.29, 1.82) is 0 Å². The van der Waals surface area contributed by atoms with Crippen molar-refractivity contribution >= 4 is 29.4 Å². The highest BCUT2D eigenvalue weighted by Crippen LogP contribution is 2.29. The maximum atomic E-state index is 13.1. The highest BCUT2D eigenvalue weighted by atomic mass is 35.5. The van der Waals surface area contributed by atoms with Crippen LogP contribution in [0.4, 0.5) is 10.6 Å². The Morgan fingerprint density at radius 1 is 0.909 bits per heavy atom. The molecule has 2 saturated heterocycles. The molecule has 234 valence electrons. The predicted octanol–water partition coefficient (Wildman–Crippen LogP) is 6.60. The summed E-state index contributed by atoms with van der Waals surface area (Å²) in [7, 11) is 0. The van der Waals surface area contributed by atoms with E-state index in [1.54, 1.807) is 12.1 Å². The normalized spacial score (nSPS) is 16.9. The molecule has 2 aliphatic rings. The van der Waals surface area contributed by atoms with Crippen molar-refractivity contribution in [2.24, 2.45) is 0 Å². The smallest absolute Gasteiger partial charge is 0.407 e. The van der Waals surface area contributed by atoms with Gasteiger partial charge in [0.1, 0.15) is 11.4 Å². The van der Waals surface area contributed by atoms with Crippen LogP contribution in [-0.4, -0.2) is 65.7 Å². The monoisotopic (exact) mass is 617 g/mol. The summed E-state index contributed by atoms with van der Waals surface area (Å²) in [6, 6.07) is 18.2. The number of halogens is 1. The van der Waals surface area contributed by atoms with E-state index in [-0.39, 0.29) is 24.1 Å². The molecule has 0 aliphatic carbocycles. The molecule has 2 amide bonds. The number of benzene rings is 2. The minimum atomic E-state index is -0.493. The van der Waals surface area contributed by atoms with Crippen LogP contribution in [0, 0.1) is 6.92 Å². The summed E-state index contributed by atoms with van der Waals surface area (Å²) in [5.41, 5.74) is 4.37. The van der Waals surface area contributed by atoms with Crippen LogP contribution in [0.2, 0.25) is 5.02 Å². The number of aromatic nitrogens is 1. The van der Waals surface area contributed by atoms with E-state index >= 15 is 0 Å². The van der Waals surface area contributed by atoms with Crippen LogP contribution in [0.5, 0.6) is 0 Å². The van der Waals surface area contributed by atoms with Gasteiger partial charge in [0.25, 0.3) is 5.91 Å². The van der Waals surface area contributed by atoms with Gasteiger partial charge in [0, 0.05) is 67.2 Å². The number of piperidine rings is 2. The number of hydrogen-bond donors (Lipinski definition) is 2. The van der Waals surface area contributed by atoms with E-state index in [4.69, 9.17) is 21.3 Å². The Kier molecular flexibility index (Phi) is 10.1. The van der Waals surface area contributed by atoms with Crippen LogP contribution in [-0.2, 0) is 11.3 Å². The van der Waals surface area contributed by atoms with Crippen molar-refractivity contribution in [1.82, 2.24) is 20.5 Å². The first-order chi connectivity index (χ1) is 21.0. The first-order valence-electron chi connectivity index (χ1n) is 15.6. The Balaban J connectivity index is 1.06. The molecule has 2 aromatic carbocycles. The maximum Gasteiger partial charge on any atom is 0.407 e. The SMILES string of the molecule is Cc1ccc(-c2cc(C(=O)NC3CCN(Cc4ccc(N5CCC(NC(=O)OC(C)(C)C)CC5)nc4)CC3)ccc2Cl)cc1. The van der Waals surface area contributed by atoms with Crippen molar-refractivity contribution in [3.05, 3.63) is 82.5 Å². The number of hydrogen-bond acceptors (Lipinski definition) is 6. The summed E-state index contributed by atoms with van der Waals surface area (Å²) in [4.78, 5) is 34.6. The minimum absolute atomic E-state index is 0.0575. The molecule has 9 heteroatoms. The zero-order valence-electron chi connectivity index (χ0n) is 26.2. The highest BCUT2D eigenvalue weighted by molar-refractivity contribution is 6.33. The third-order valence-corrected chi connectivity index (χ3v) is 8.60. The molecule has 8 nitrogen and oxygen atoms in total.